The van der Waals surface area contributed by atoms with E-state index in [1.165, 1.54) is 0 Å². The van der Waals surface area contributed by atoms with E-state index in [4.69, 9.17) is 15.6 Å². The molecule has 1 amide bonds. The molecule has 5 nitrogen and oxygen atoms in total. The zero-order valence-corrected chi connectivity index (χ0v) is 9.95. The van der Waals surface area contributed by atoms with E-state index in [0.717, 1.165) is 19.3 Å². The van der Waals surface area contributed by atoms with Gasteiger partial charge in [0.25, 0.3) is 0 Å². The summed E-state index contributed by atoms with van der Waals surface area (Å²) in [4.78, 5) is 13.7. The van der Waals surface area contributed by atoms with Crippen molar-refractivity contribution in [3.63, 3.8) is 0 Å². The van der Waals surface area contributed by atoms with Gasteiger partial charge in [-0.05, 0) is 25.7 Å². The molecular formula is C11H22N2O3. The van der Waals surface area contributed by atoms with E-state index in [2.05, 4.69) is 0 Å². The summed E-state index contributed by atoms with van der Waals surface area (Å²) in [6, 6.07) is 0. The van der Waals surface area contributed by atoms with E-state index >= 15 is 0 Å². The van der Waals surface area contributed by atoms with E-state index in [1.54, 1.807) is 11.9 Å². The Hall–Kier alpha value is -0.650. The zero-order valence-electron chi connectivity index (χ0n) is 9.95. The number of carbonyl (C=O) groups is 1. The molecule has 0 bridgehead atoms. The molecule has 1 atom stereocenters. The highest BCUT2D eigenvalue weighted by Crippen LogP contribution is 2.18. The van der Waals surface area contributed by atoms with Crippen LogP contribution < -0.4 is 5.73 Å². The molecule has 94 valence electrons. The third kappa shape index (κ3) is 3.43. The molecule has 1 rings (SSSR count). The van der Waals surface area contributed by atoms with Gasteiger partial charge >= 0.3 is 0 Å². The fourth-order valence-corrected chi connectivity index (χ4v) is 1.87. The normalized spacial score (nSPS) is 24.7. The van der Waals surface area contributed by atoms with Crippen molar-refractivity contribution in [2.24, 2.45) is 5.73 Å². The summed E-state index contributed by atoms with van der Waals surface area (Å²) >= 11 is 0. The minimum absolute atomic E-state index is 0.0333. The van der Waals surface area contributed by atoms with Gasteiger partial charge in [0.05, 0.1) is 6.61 Å². The van der Waals surface area contributed by atoms with Crippen LogP contribution in [0.2, 0.25) is 0 Å². The number of ether oxygens (including phenoxy) is 1. The molecule has 1 aliphatic heterocycles. The van der Waals surface area contributed by atoms with E-state index in [1.807, 2.05) is 0 Å². The van der Waals surface area contributed by atoms with Crippen molar-refractivity contribution in [3.8, 4) is 0 Å². The maximum atomic E-state index is 12.0. The van der Waals surface area contributed by atoms with Gasteiger partial charge in [0, 0.05) is 26.8 Å². The smallest absolute Gasteiger partial charge is 0.244 e. The Morgan fingerprint density at radius 1 is 1.50 bits per heavy atom. The molecule has 0 aromatic carbocycles. The molecule has 0 spiro atoms. The summed E-state index contributed by atoms with van der Waals surface area (Å²) in [5, 5.41) is 8.64. The zero-order chi connectivity index (χ0) is 12.0. The second-order valence-corrected chi connectivity index (χ2v) is 4.47. The van der Waals surface area contributed by atoms with E-state index in [-0.39, 0.29) is 12.5 Å². The number of rotatable bonds is 6. The Bertz CT molecular complexity index is 227. The maximum absolute atomic E-state index is 12.0. The lowest BCUT2D eigenvalue weighted by atomic mass is 9.98. The Morgan fingerprint density at radius 2 is 2.25 bits per heavy atom. The molecule has 1 fully saturated rings. The van der Waals surface area contributed by atoms with Gasteiger partial charge in [-0.3, -0.25) is 4.79 Å². The van der Waals surface area contributed by atoms with Gasteiger partial charge in [-0.25, -0.2) is 0 Å². The molecule has 0 aliphatic carbocycles. The van der Waals surface area contributed by atoms with Crippen molar-refractivity contribution in [1.29, 1.82) is 0 Å². The van der Waals surface area contributed by atoms with Gasteiger partial charge in [-0.2, -0.15) is 0 Å². The van der Waals surface area contributed by atoms with E-state index in [9.17, 15) is 4.79 Å². The highest BCUT2D eigenvalue weighted by atomic mass is 16.5. The van der Waals surface area contributed by atoms with Crippen LogP contribution in [-0.2, 0) is 9.53 Å². The monoisotopic (exact) mass is 230 g/mol. The number of unbranched alkanes of at least 4 members (excludes halogenated alkanes) is 2. The molecule has 1 aliphatic rings. The molecule has 1 heterocycles. The largest absolute Gasteiger partial charge is 0.396 e. The number of aliphatic hydroxyl groups excluding tert-OH is 1. The van der Waals surface area contributed by atoms with Crippen LogP contribution in [0.25, 0.3) is 0 Å². The highest BCUT2D eigenvalue weighted by Gasteiger charge is 2.39. The van der Waals surface area contributed by atoms with Crippen LogP contribution >= 0.6 is 0 Å². The Kier molecular flexibility index (Phi) is 5.18. The number of amides is 1. The molecule has 0 radical (unpaired) electrons. The summed E-state index contributed by atoms with van der Waals surface area (Å²) < 4.78 is 5.17. The Labute approximate surface area is 96.6 Å². The summed E-state index contributed by atoms with van der Waals surface area (Å²) in [6.07, 6.45) is 3.23. The SMILES string of the molecule is CN(CCCCCO)C(=O)C1(N)CCOC1. The number of nitrogens with two attached hydrogens (primary N) is 1. The quantitative estimate of drug-likeness (QED) is 0.616. The van der Waals surface area contributed by atoms with Crippen LogP contribution in [0.5, 0.6) is 0 Å². The van der Waals surface area contributed by atoms with Gasteiger partial charge in [-0.1, -0.05) is 0 Å². The van der Waals surface area contributed by atoms with Crippen molar-refractivity contribution in [2.45, 2.75) is 31.2 Å². The maximum Gasteiger partial charge on any atom is 0.244 e. The topological polar surface area (TPSA) is 75.8 Å². The van der Waals surface area contributed by atoms with Crippen molar-refractivity contribution in [3.05, 3.63) is 0 Å². The molecule has 16 heavy (non-hydrogen) atoms. The molecule has 1 unspecified atom stereocenters. The molecule has 5 heteroatoms. The number of hydrogen-bond acceptors (Lipinski definition) is 4. The van der Waals surface area contributed by atoms with Crippen molar-refractivity contribution >= 4 is 5.91 Å². The second kappa shape index (κ2) is 6.18. The fraction of sp³-hybridized carbons (Fsp3) is 0.909. The van der Waals surface area contributed by atoms with Gasteiger partial charge in [-0.15, -0.1) is 0 Å². The van der Waals surface area contributed by atoms with E-state index < -0.39 is 5.54 Å². The standard InChI is InChI=1S/C11H22N2O3/c1-13(6-3-2-4-7-14)10(15)11(12)5-8-16-9-11/h14H,2-9,12H2,1H3. The number of carbonyl (C=O) groups excluding carboxylic acids is 1. The first-order valence-corrected chi connectivity index (χ1v) is 5.83. The summed E-state index contributed by atoms with van der Waals surface area (Å²) in [7, 11) is 1.77. The third-order valence-corrected chi connectivity index (χ3v) is 2.98. The first kappa shape index (κ1) is 13.4. The number of nitrogens with zero attached hydrogens (tertiary/aromatic N) is 1. The Balaban J connectivity index is 2.30. The van der Waals surface area contributed by atoms with Crippen molar-refractivity contribution in [2.75, 3.05) is 33.4 Å². The predicted molar refractivity (Wildman–Crippen MR) is 60.9 cm³/mol. The van der Waals surface area contributed by atoms with Gasteiger partial charge < -0.3 is 20.5 Å². The summed E-state index contributed by atoms with van der Waals surface area (Å²) in [6.45, 7) is 1.80. The van der Waals surface area contributed by atoms with Crippen LogP contribution in [0.4, 0.5) is 0 Å². The Morgan fingerprint density at radius 3 is 2.81 bits per heavy atom. The van der Waals surface area contributed by atoms with Gasteiger partial charge in [0.2, 0.25) is 5.91 Å². The van der Waals surface area contributed by atoms with Crippen LogP contribution in [0.3, 0.4) is 0 Å². The molecule has 0 aromatic rings. The average Bonchev–Trinajstić information content (AvgIpc) is 2.71. The first-order valence-electron chi connectivity index (χ1n) is 5.83. The fourth-order valence-electron chi connectivity index (χ4n) is 1.87. The number of aliphatic hydroxyl groups is 1. The molecule has 3 N–H and O–H groups in total. The number of likely N-dealkylation sites (N-methyl/N-ethyl adjacent to an activating group) is 1. The third-order valence-electron chi connectivity index (χ3n) is 2.98. The average molecular weight is 230 g/mol. The van der Waals surface area contributed by atoms with Crippen LogP contribution in [0.15, 0.2) is 0 Å². The lowest BCUT2D eigenvalue weighted by Crippen LogP contribution is -2.55. The molecule has 0 aromatic heterocycles. The minimum atomic E-state index is -0.814. The van der Waals surface area contributed by atoms with Crippen molar-refractivity contribution < 1.29 is 14.6 Å². The lowest BCUT2D eigenvalue weighted by Gasteiger charge is -2.27. The summed E-state index contributed by atoms with van der Waals surface area (Å²) in [5.74, 6) is -0.0333. The van der Waals surface area contributed by atoms with Gasteiger partial charge in [0.1, 0.15) is 5.54 Å². The van der Waals surface area contributed by atoms with Crippen LogP contribution in [0.1, 0.15) is 25.7 Å². The predicted octanol–water partition coefficient (Wildman–Crippen LogP) is -0.275. The van der Waals surface area contributed by atoms with Crippen molar-refractivity contribution in [1.82, 2.24) is 4.90 Å². The van der Waals surface area contributed by atoms with Crippen LogP contribution in [0, 0.1) is 0 Å². The lowest BCUT2D eigenvalue weighted by molar-refractivity contribution is -0.135. The van der Waals surface area contributed by atoms with Crippen LogP contribution in [-0.4, -0.2) is 54.9 Å². The van der Waals surface area contributed by atoms with Gasteiger partial charge in [0.15, 0.2) is 0 Å². The molecule has 0 saturated carbocycles. The highest BCUT2D eigenvalue weighted by molar-refractivity contribution is 5.86. The second-order valence-electron chi connectivity index (χ2n) is 4.47. The minimum Gasteiger partial charge on any atom is -0.396 e. The summed E-state index contributed by atoms with van der Waals surface area (Å²) in [5.41, 5.74) is 5.16. The molecule has 1 saturated heterocycles. The number of hydrogen-bond donors (Lipinski definition) is 2. The molecular weight excluding hydrogens is 208 g/mol. The first-order chi connectivity index (χ1) is 7.60. The van der Waals surface area contributed by atoms with E-state index in [0.29, 0.717) is 26.2 Å².